The van der Waals surface area contributed by atoms with Gasteiger partial charge >= 0.3 is 0 Å². The molecule has 1 unspecified atom stereocenters. The number of hydrogen-bond acceptors (Lipinski definition) is 3. The third-order valence-electron chi connectivity index (χ3n) is 4.09. The van der Waals surface area contributed by atoms with Gasteiger partial charge in [0.1, 0.15) is 17.3 Å². The first kappa shape index (κ1) is 13.2. The normalized spacial score (nSPS) is 28.8. The molecule has 27 heavy (non-hydrogen) atoms. The molecule has 1 aromatic carbocycles. The van der Waals surface area contributed by atoms with Crippen LogP contribution in [0.15, 0.2) is 30.6 Å². The molecule has 0 N–H and O–H groups in total. The van der Waals surface area contributed by atoms with Gasteiger partial charge in [-0.3, -0.25) is 4.79 Å². The van der Waals surface area contributed by atoms with Gasteiger partial charge in [-0.15, -0.1) is 0 Å². The number of likely N-dealkylation sites (tertiary alicyclic amines) is 1. The van der Waals surface area contributed by atoms with Gasteiger partial charge in [0.25, 0.3) is 5.91 Å². The monoisotopic (exact) mass is 399 g/mol. The van der Waals surface area contributed by atoms with E-state index in [9.17, 15) is 9.18 Å². The minimum absolute atomic E-state index is 0.0345. The quantitative estimate of drug-likeness (QED) is 0.741. The van der Waals surface area contributed by atoms with Crippen molar-refractivity contribution in [2.24, 2.45) is 0 Å². The molecule has 0 bridgehead atoms. The van der Waals surface area contributed by atoms with E-state index in [-0.39, 0.29) is 23.3 Å². The highest BCUT2D eigenvalue weighted by molar-refractivity contribution is 6.31. The van der Waals surface area contributed by atoms with E-state index >= 15 is 4.39 Å². The maximum absolute atomic E-state index is 16.0. The summed E-state index contributed by atoms with van der Waals surface area (Å²) in [6, 6.07) is 2.72. The zero-order valence-electron chi connectivity index (χ0n) is 20.6. The topological polar surface area (TPSA) is 46.1 Å². The fourth-order valence-corrected chi connectivity index (χ4v) is 2.73. The van der Waals surface area contributed by atoms with E-state index < -0.39 is 54.6 Å². The number of hydrogen-bond donors (Lipinski definition) is 0. The Morgan fingerprint density at radius 3 is 2.81 bits per heavy atom. The van der Waals surface area contributed by atoms with Crippen LogP contribution in [0.5, 0.6) is 0 Å². The number of rotatable bonds is 5. The Bertz CT molecular complexity index is 1060. The van der Waals surface area contributed by atoms with Crippen LogP contribution in [0.4, 0.5) is 8.78 Å². The van der Waals surface area contributed by atoms with Crippen LogP contribution >= 0.6 is 11.6 Å². The Balaban J connectivity index is 1.88. The molecule has 4 nitrogen and oxygen atoms in total. The molecule has 0 saturated carbocycles. The van der Waals surface area contributed by atoms with Crippen LogP contribution in [-0.4, -0.2) is 39.4 Å². The third kappa shape index (κ3) is 5.01. The molecule has 2 aromatic rings. The summed E-state index contributed by atoms with van der Waals surface area (Å²) < 4.78 is 79.1. The first-order valence-electron chi connectivity index (χ1n) is 11.4. The van der Waals surface area contributed by atoms with Gasteiger partial charge in [-0.25, -0.2) is 18.7 Å². The Labute approximate surface area is 171 Å². The highest BCUT2D eigenvalue weighted by Gasteiger charge is 2.35. The summed E-state index contributed by atoms with van der Waals surface area (Å²) in [5.74, 6) is -1.71. The Morgan fingerprint density at radius 1 is 1.37 bits per heavy atom. The number of aryl methyl sites for hydroxylation is 2. The number of benzene rings is 1. The SMILES string of the molecule is [2H]C1([2H])CC(F)(CCCc2ncc(C)cn2)C([2H])([2H])C([2H])([2H])N1C(=O)c1ccc(F)c(Cl)c1. The number of amides is 1. The molecule has 0 spiro atoms. The van der Waals surface area contributed by atoms with Crippen LogP contribution in [0.1, 0.15) is 55.6 Å². The molecule has 1 aromatic heterocycles. The molecule has 3 rings (SSSR count). The predicted octanol–water partition coefficient (Wildman–Crippen LogP) is 4.54. The second-order valence-corrected chi connectivity index (χ2v) is 6.74. The summed E-state index contributed by atoms with van der Waals surface area (Å²) in [7, 11) is 0. The van der Waals surface area contributed by atoms with Crippen molar-refractivity contribution in [2.45, 2.75) is 44.6 Å². The van der Waals surface area contributed by atoms with Crippen molar-refractivity contribution in [3.05, 3.63) is 58.4 Å². The van der Waals surface area contributed by atoms with Gasteiger partial charge < -0.3 is 4.90 Å². The Hall–Kier alpha value is -2.08. The molecule has 2 heterocycles. The maximum Gasteiger partial charge on any atom is 0.253 e. The van der Waals surface area contributed by atoms with E-state index in [1.165, 1.54) is 0 Å². The van der Waals surface area contributed by atoms with Crippen molar-refractivity contribution < 1.29 is 21.8 Å². The van der Waals surface area contributed by atoms with Crippen LogP contribution in [0.25, 0.3) is 0 Å². The smallest absolute Gasteiger partial charge is 0.253 e. The lowest BCUT2D eigenvalue weighted by Gasteiger charge is -2.36. The lowest BCUT2D eigenvalue weighted by molar-refractivity contribution is 0.0389. The fourth-order valence-electron chi connectivity index (χ4n) is 2.55. The van der Waals surface area contributed by atoms with Gasteiger partial charge in [0, 0.05) is 45.6 Å². The van der Waals surface area contributed by atoms with Crippen molar-refractivity contribution in [1.29, 1.82) is 0 Å². The van der Waals surface area contributed by atoms with E-state index in [1.54, 1.807) is 19.3 Å². The van der Waals surface area contributed by atoms with E-state index in [0.29, 0.717) is 5.82 Å². The first-order chi connectivity index (χ1) is 15.1. The predicted molar refractivity (Wildman–Crippen MR) is 100 cm³/mol. The van der Waals surface area contributed by atoms with E-state index in [4.69, 9.17) is 19.8 Å². The fraction of sp³-hybridized carbons (Fsp3) is 0.450. The van der Waals surface area contributed by atoms with Gasteiger partial charge in [-0.05, 0) is 56.3 Å². The molecule has 7 heteroatoms. The average molecular weight is 400 g/mol. The summed E-state index contributed by atoms with van der Waals surface area (Å²) in [6.07, 6.45) is -1.49. The zero-order valence-corrected chi connectivity index (χ0v) is 15.4. The minimum Gasteiger partial charge on any atom is -0.338 e. The van der Waals surface area contributed by atoms with Crippen LogP contribution in [0.3, 0.4) is 0 Å². The number of nitrogens with zero attached hydrogens (tertiary/aromatic N) is 3. The molecular weight excluding hydrogens is 372 g/mol. The van der Waals surface area contributed by atoms with Gasteiger partial charge in [0.15, 0.2) is 0 Å². The molecular formula is C20H22ClF2N3O. The van der Waals surface area contributed by atoms with Crippen molar-refractivity contribution in [3.63, 3.8) is 0 Å². The van der Waals surface area contributed by atoms with Gasteiger partial charge in [-0.2, -0.15) is 0 Å². The Kier molecular flexibility index (Phi) is 4.04. The molecule has 1 aliphatic heterocycles. The summed E-state index contributed by atoms with van der Waals surface area (Å²) in [5.41, 5.74) is -2.45. The van der Waals surface area contributed by atoms with Crippen molar-refractivity contribution in [1.82, 2.24) is 14.9 Å². The third-order valence-corrected chi connectivity index (χ3v) is 4.38. The van der Waals surface area contributed by atoms with Crippen LogP contribution < -0.4 is 0 Å². The van der Waals surface area contributed by atoms with Gasteiger partial charge in [-0.1, -0.05) is 11.6 Å². The summed E-state index contributed by atoms with van der Waals surface area (Å²) in [5, 5.41) is -0.444. The lowest BCUT2D eigenvalue weighted by Crippen LogP contribution is -2.44. The number of alkyl halides is 1. The highest BCUT2D eigenvalue weighted by atomic mass is 35.5. The van der Waals surface area contributed by atoms with Gasteiger partial charge in [0.2, 0.25) is 0 Å². The van der Waals surface area contributed by atoms with Crippen molar-refractivity contribution >= 4 is 17.5 Å². The van der Waals surface area contributed by atoms with Crippen LogP contribution in [0, 0.1) is 12.7 Å². The molecule has 144 valence electrons. The number of carbonyl (C=O) groups is 1. The minimum atomic E-state index is -3.37. The molecule has 0 radical (unpaired) electrons. The van der Waals surface area contributed by atoms with Gasteiger partial charge in [0.05, 0.1) is 5.02 Å². The molecule has 1 fully saturated rings. The average Bonchev–Trinajstić information content (AvgIpc) is 2.69. The lowest BCUT2D eigenvalue weighted by atomic mass is 9.88. The molecule has 1 atom stereocenters. The second-order valence-electron chi connectivity index (χ2n) is 6.34. The number of halogens is 3. The number of piperidine rings is 1. The Morgan fingerprint density at radius 2 is 2.11 bits per heavy atom. The standard InChI is InChI=1S/C20H22ClF2N3O/c1-14-12-24-18(25-13-14)3-2-6-20(23)7-9-26(10-8-20)19(27)15-4-5-17(22)16(21)11-15/h4-5,11-13H,2-3,6-10H2,1H3/i7D2,9D2,10D2. The van der Waals surface area contributed by atoms with Crippen LogP contribution in [0.2, 0.25) is 5.02 Å². The number of carbonyl (C=O) groups excluding carboxylic acids is 1. The van der Waals surface area contributed by atoms with E-state index in [2.05, 4.69) is 9.97 Å². The molecule has 1 aliphatic rings. The largest absolute Gasteiger partial charge is 0.338 e. The number of aromatic nitrogens is 2. The van der Waals surface area contributed by atoms with E-state index in [0.717, 1.165) is 23.8 Å². The molecule has 1 saturated heterocycles. The summed E-state index contributed by atoms with van der Waals surface area (Å²) >= 11 is 5.68. The van der Waals surface area contributed by atoms with Crippen molar-refractivity contribution in [2.75, 3.05) is 13.0 Å². The van der Waals surface area contributed by atoms with Crippen molar-refractivity contribution in [3.8, 4) is 0 Å². The summed E-state index contributed by atoms with van der Waals surface area (Å²) in [4.78, 5) is 21.2. The zero-order chi connectivity index (χ0) is 24.8. The molecule has 1 amide bonds. The molecule has 0 aliphatic carbocycles. The first-order valence-corrected chi connectivity index (χ1v) is 8.76. The second kappa shape index (κ2) is 8.30. The highest BCUT2D eigenvalue weighted by Crippen LogP contribution is 2.32. The maximum atomic E-state index is 16.0. The summed E-state index contributed by atoms with van der Waals surface area (Å²) in [6.45, 7) is -4.46. The van der Waals surface area contributed by atoms with Crippen LogP contribution in [-0.2, 0) is 6.42 Å². The van der Waals surface area contributed by atoms with E-state index in [1.807, 2.05) is 0 Å².